The minimum Gasteiger partial charge on any atom is -0.458 e. The highest BCUT2D eigenvalue weighted by Crippen LogP contribution is 2.43. The van der Waals surface area contributed by atoms with Gasteiger partial charge >= 0.3 is 5.97 Å². The summed E-state index contributed by atoms with van der Waals surface area (Å²) in [5.74, 6) is -0.767. The fourth-order valence-corrected chi connectivity index (χ4v) is 4.58. The van der Waals surface area contributed by atoms with Gasteiger partial charge in [0, 0.05) is 16.5 Å². The third kappa shape index (κ3) is 2.17. The smallest absolute Gasteiger partial charge is 0.343 e. The van der Waals surface area contributed by atoms with Gasteiger partial charge in [-0.2, -0.15) is 0 Å². The Labute approximate surface area is 166 Å². The molecule has 1 unspecified atom stereocenters. The second-order valence-corrected chi connectivity index (χ2v) is 7.48. The average molecular weight is 392 g/mol. The number of rotatable bonds is 2. The Bertz CT molecular complexity index is 1260. The van der Waals surface area contributed by atoms with E-state index in [1.54, 1.807) is 13.0 Å². The Morgan fingerprint density at radius 1 is 1.28 bits per heavy atom. The third-order valence-corrected chi connectivity index (χ3v) is 6.13. The molecule has 0 aliphatic carbocycles. The van der Waals surface area contributed by atoms with Crippen LogP contribution in [0, 0.1) is 0 Å². The third-order valence-electron chi connectivity index (χ3n) is 6.13. The summed E-state index contributed by atoms with van der Waals surface area (Å²) in [5, 5.41) is 22.9. The summed E-state index contributed by atoms with van der Waals surface area (Å²) in [4.78, 5) is 30.2. The van der Waals surface area contributed by atoms with Crippen LogP contribution in [0.3, 0.4) is 0 Å². The molecule has 7 heteroatoms. The number of ether oxygens (including phenoxy) is 1. The molecule has 0 saturated heterocycles. The average Bonchev–Trinajstić information content (AvgIpc) is 3.01. The first-order chi connectivity index (χ1) is 13.9. The highest BCUT2D eigenvalue weighted by molar-refractivity contribution is 5.89. The Kier molecular flexibility index (Phi) is 3.72. The van der Waals surface area contributed by atoms with Crippen LogP contribution in [0.4, 0.5) is 0 Å². The summed E-state index contributed by atoms with van der Waals surface area (Å²) < 4.78 is 6.35. The van der Waals surface area contributed by atoms with Gasteiger partial charge in [0.1, 0.15) is 6.61 Å². The van der Waals surface area contributed by atoms with Crippen molar-refractivity contribution in [2.75, 3.05) is 0 Å². The number of benzene rings is 1. The van der Waals surface area contributed by atoms with Gasteiger partial charge in [-0.05, 0) is 30.5 Å². The largest absolute Gasteiger partial charge is 0.458 e. The van der Waals surface area contributed by atoms with Crippen molar-refractivity contribution >= 4 is 16.9 Å². The Morgan fingerprint density at radius 3 is 2.76 bits per heavy atom. The minimum atomic E-state index is -1.89. The van der Waals surface area contributed by atoms with Gasteiger partial charge < -0.3 is 14.9 Å². The predicted molar refractivity (Wildman–Crippen MR) is 105 cm³/mol. The summed E-state index contributed by atoms with van der Waals surface area (Å²) >= 11 is 0. The fourth-order valence-electron chi connectivity index (χ4n) is 4.58. The van der Waals surface area contributed by atoms with Crippen molar-refractivity contribution in [1.29, 1.82) is 0 Å². The normalized spacial score (nSPS) is 22.2. The first-order valence-electron chi connectivity index (χ1n) is 9.70. The number of esters is 1. The lowest BCUT2D eigenvalue weighted by molar-refractivity contribution is -0.172. The van der Waals surface area contributed by atoms with E-state index in [9.17, 15) is 19.8 Å². The van der Waals surface area contributed by atoms with Crippen molar-refractivity contribution in [3.05, 3.63) is 62.9 Å². The zero-order chi connectivity index (χ0) is 20.5. The maximum Gasteiger partial charge on any atom is 0.343 e. The molecule has 1 aromatic carbocycles. The van der Waals surface area contributed by atoms with Gasteiger partial charge in [-0.3, -0.25) is 9.36 Å². The molecule has 3 aromatic rings. The van der Waals surface area contributed by atoms with E-state index in [0.717, 1.165) is 16.5 Å². The van der Waals surface area contributed by atoms with Gasteiger partial charge in [0.2, 0.25) is 0 Å². The number of carbonyl (C=O) groups excluding carboxylic acids is 1. The number of nitrogens with zero attached hydrogens (tertiary/aromatic N) is 2. The Morgan fingerprint density at radius 2 is 2.03 bits per heavy atom. The Hall–Kier alpha value is -3.03. The number of aryl methyl sites for hydroxylation is 1. The van der Waals surface area contributed by atoms with E-state index in [0.29, 0.717) is 23.4 Å². The van der Waals surface area contributed by atoms with Crippen LogP contribution >= 0.6 is 0 Å². The van der Waals surface area contributed by atoms with E-state index in [-0.39, 0.29) is 24.2 Å². The lowest BCUT2D eigenvalue weighted by Crippen LogP contribution is -2.44. The quantitative estimate of drug-likeness (QED) is 0.648. The van der Waals surface area contributed by atoms with Crippen LogP contribution in [0.1, 0.15) is 48.8 Å². The molecule has 0 radical (unpaired) electrons. The predicted octanol–water partition coefficient (Wildman–Crippen LogP) is 2.13. The molecule has 0 fully saturated rings. The number of hydrogen-bond acceptors (Lipinski definition) is 6. The number of aromatic nitrogens is 2. The van der Waals surface area contributed by atoms with Crippen LogP contribution in [0.5, 0.6) is 0 Å². The summed E-state index contributed by atoms with van der Waals surface area (Å²) in [7, 11) is 0. The molecule has 0 amide bonds. The first kappa shape index (κ1) is 18.0. The van der Waals surface area contributed by atoms with Crippen LogP contribution in [-0.4, -0.2) is 25.7 Å². The minimum absolute atomic E-state index is 0.0719. The molecular weight excluding hydrogens is 372 g/mol. The molecular formula is C22H20N2O5. The maximum atomic E-state index is 13.3. The molecule has 2 aliphatic rings. The van der Waals surface area contributed by atoms with Gasteiger partial charge in [0.15, 0.2) is 11.8 Å². The second-order valence-electron chi connectivity index (χ2n) is 7.48. The number of para-hydroxylation sites is 1. The van der Waals surface area contributed by atoms with Crippen molar-refractivity contribution in [2.24, 2.45) is 0 Å². The lowest BCUT2D eigenvalue weighted by Gasteiger charge is -2.31. The summed E-state index contributed by atoms with van der Waals surface area (Å²) in [6.07, 6.45) is -0.453. The van der Waals surface area contributed by atoms with Gasteiger partial charge in [-0.25, -0.2) is 9.78 Å². The van der Waals surface area contributed by atoms with E-state index in [1.165, 1.54) is 4.57 Å². The van der Waals surface area contributed by atoms with Crippen molar-refractivity contribution in [3.63, 3.8) is 0 Å². The number of cyclic esters (lactones) is 1. The Balaban J connectivity index is 1.89. The van der Waals surface area contributed by atoms with E-state index >= 15 is 0 Å². The fraction of sp³-hybridized carbons (Fsp3) is 0.318. The molecule has 148 valence electrons. The van der Waals surface area contributed by atoms with E-state index < -0.39 is 23.4 Å². The molecule has 7 nitrogen and oxygen atoms in total. The van der Waals surface area contributed by atoms with E-state index in [2.05, 4.69) is 0 Å². The number of aliphatic hydroxyl groups is 2. The molecule has 4 heterocycles. The zero-order valence-corrected chi connectivity index (χ0v) is 16.1. The topological polar surface area (TPSA) is 102 Å². The van der Waals surface area contributed by atoms with Crippen molar-refractivity contribution in [3.8, 4) is 11.4 Å². The summed E-state index contributed by atoms with van der Waals surface area (Å²) in [6.45, 7) is 3.42. The molecule has 0 bridgehead atoms. The standard InChI is InChI=1S/C22H20N2O5/c1-3-11-12-7-5-6-8-15(12)23-18-16-9-14-13(10-29-21(27)22(14,28)4-2)19(25)24(16)20(26)17(11)18/h5-9,20,26,28H,3-4,10H2,1-2H3/t20?,22-/m0/s1. The zero-order valence-electron chi connectivity index (χ0n) is 16.1. The summed E-state index contributed by atoms with van der Waals surface area (Å²) in [5.41, 5.74) is 1.25. The number of carbonyl (C=O) groups is 1. The molecule has 0 spiro atoms. The number of pyridine rings is 2. The highest BCUT2D eigenvalue weighted by atomic mass is 16.6. The van der Waals surface area contributed by atoms with Gasteiger partial charge in [0.05, 0.1) is 22.5 Å². The van der Waals surface area contributed by atoms with E-state index in [4.69, 9.17) is 9.72 Å². The van der Waals surface area contributed by atoms with Crippen molar-refractivity contribution in [2.45, 2.75) is 45.1 Å². The molecule has 2 aromatic heterocycles. The highest BCUT2D eigenvalue weighted by Gasteiger charge is 2.46. The van der Waals surface area contributed by atoms with Crippen LogP contribution in [0.2, 0.25) is 0 Å². The van der Waals surface area contributed by atoms with Crippen LogP contribution in [-0.2, 0) is 28.2 Å². The van der Waals surface area contributed by atoms with Crippen LogP contribution in [0.25, 0.3) is 22.3 Å². The number of hydrogen-bond donors (Lipinski definition) is 2. The number of aliphatic hydroxyl groups excluding tert-OH is 1. The second kappa shape index (κ2) is 5.98. The maximum absolute atomic E-state index is 13.3. The molecule has 2 atom stereocenters. The van der Waals surface area contributed by atoms with Gasteiger partial charge in [-0.1, -0.05) is 32.0 Å². The van der Waals surface area contributed by atoms with Crippen LogP contribution < -0.4 is 5.56 Å². The SMILES string of the molecule is CCc1c2c(nc3ccccc13)-c1cc3c(c(=O)n1C2O)COC(=O)[C@]3(O)CC. The lowest BCUT2D eigenvalue weighted by atomic mass is 9.86. The number of fused-ring (bicyclic) bond motifs is 5. The molecule has 2 aliphatic heterocycles. The first-order valence-corrected chi connectivity index (χ1v) is 9.70. The monoisotopic (exact) mass is 392 g/mol. The van der Waals surface area contributed by atoms with Gasteiger partial charge in [0.25, 0.3) is 5.56 Å². The molecule has 5 rings (SSSR count). The van der Waals surface area contributed by atoms with E-state index in [1.807, 2.05) is 31.2 Å². The summed E-state index contributed by atoms with van der Waals surface area (Å²) in [6, 6.07) is 9.25. The van der Waals surface area contributed by atoms with Gasteiger partial charge in [-0.15, -0.1) is 0 Å². The van der Waals surface area contributed by atoms with Crippen molar-refractivity contribution < 1.29 is 19.7 Å². The molecule has 29 heavy (non-hydrogen) atoms. The molecule has 0 saturated carbocycles. The van der Waals surface area contributed by atoms with Crippen molar-refractivity contribution in [1.82, 2.24) is 9.55 Å². The molecule has 2 N–H and O–H groups in total. The van der Waals surface area contributed by atoms with Crippen LogP contribution in [0.15, 0.2) is 35.1 Å².